The summed E-state index contributed by atoms with van der Waals surface area (Å²) in [5.74, 6) is -7.95. The van der Waals surface area contributed by atoms with Gasteiger partial charge in [-0.3, -0.25) is 0 Å². The minimum Gasteiger partial charge on any atom is -0.544 e. The van der Waals surface area contributed by atoms with Gasteiger partial charge in [-0.15, -0.1) is 0 Å². The zero-order chi connectivity index (χ0) is 18.7. The Morgan fingerprint density at radius 1 is 1.08 bits per heavy atom. The molecule has 1 rings (SSSR count). The van der Waals surface area contributed by atoms with Gasteiger partial charge in [-0.25, -0.2) is 4.79 Å². The molecule has 1 aromatic rings. The lowest BCUT2D eigenvalue weighted by Crippen LogP contribution is -2.54. The number of esters is 1. The second-order valence-electron chi connectivity index (χ2n) is 6.72. The van der Waals surface area contributed by atoms with Crippen molar-refractivity contribution in [2.45, 2.75) is 52.2 Å². The van der Waals surface area contributed by atoms with Crippen LogP contribution in [0.3, 0.4) is 0 Å². The Labute approximate surface area is 139 Å². The van der Waals surface area contributed by atoms with Gasteiger partial charge in [-0.2, -0.15) is 8.78 Å². The van der Waals surface area contributed by atoms with Crippen LogP contribution in [0.25, 0.3) is 0 Å². The quantitative estimate of drug-likeness (QED) is 0.742. The molecule has 24 heavy (non-hydrogen) atoms. The van der Waals surface area contributed by atoms with Gasteiger partial charge < -0.3 is 19.4 Å². The highest BCUT2D eigenvalue weighted by Crippen LogP contribution is 2.29. The number of rotatable bonds is 6. The van der Waals surface area contributed by atoms with Crippen molar-refractivity contribution in [1.29, 1.82) is 0 Å². The van der Waals surface area contributed by atoms with Crippen molar-refractivity contribution in [3.05, 3.63) is 29.8 Å². The number of carbonyl (C=O) groups is 2. The van der Waals surface area contributed by atoms with E-state index in [4.69, 9.17) is 9.47 Å². The number of carboxylic acids is 1. The number of carbonyl (C=O) groups excluding carboxylic acids is 2. The molecule has 0 aliphatic carbocycles. The molecular formula is C17H21F2O5-. The standard InChI is InChI=1S/C17H22F2O5/c1-10(2)13(17(18,19)15(21)22)23-12-8-6-11(7-9-12)14(20)24-16(3,4)5/h6-10,13H,1-5H3,(H,21,22)/p-1. The van der Waals surface area contributed by atoms with Crippen LogP contribution in [0, 0.1) is 5.92 Å². The van der Waals surface area contributed by atoms with Gasteiger partial charge in [0.2, 0.25) is 0 Å². The van der Waals surface area contributed by atoms with Gasteiger partial charge in [0.15, 0.2) is 6.10 Å². The first-order valence-corrected chi connectivity index (χ1v) is 7.44. The molecule has 0 saturated carbocycles. The Bertz CT molecular complexity index is 588. The van der Waals surface area contributed by atoms with Gasteiger partial charge in [0.25, 0.3) is 0 Å². The lowest BCUT2D eigenvalue weighted by Gasteiger charge is -2.30. The second kappa shape index (κ2) is 7.15. The van der Waals surface area contributed by atoms with Gasteiger partial charge in [-0.1, -0.05) is 13.8 Å². The van der Waals surface area contributed by atoms with E-state index in [0.717, 1.165) is 0 Å². The molecule has 5 nitrogen and oxygen atoms in total. The Morgan fingerprint density at radius 2 is 1.58 bits per heavy atom. The summed E-state index contributed by atoms with van der Waals surface area (Å²) in [4.78, 5) is 22.5. The second-order valence-corrected chi connectivity index (χ2v) is 6.72. The molecular weight excluding hydrogens is 322 g/mol. The highest BCUT2D eigenvalue weighted by atomic mass is 19.3. The molecule has 0 aliphatic rings. The van der Waals surface area contributed by atoms with Crippen LogP contribution in [0.4, 0.5) is 8.78 Å². The van der Waals surface area contributed by atoms with E-state index in [1.807, 2.05) is 0 Å². The van der Waals surface area contributed by atoms with Crippen molar-refractivity contribution in [2.75, 3.05) is 0 Å². The van der Waals surface area contributed by atoms with Crippen LogP contribution in [0.15, 0.2) is 24.3 Å². The summed E-state index contributed by atoms with van der Waals surface area (Å²) in [6, 6.07) is 5.33. The molecule has 0 spiro atoms. The van der Waals surface area contributed by atoms with E-state index in [-0.39, 0.29) is 11.3 Å². The number of hydrogen-bond donors (Lipinski definition) is 0. The van der Waals surface area contributed by atoms with E-state index < -0.39 is 35.5 Å². The normalized spacial score (nSPS) is 13.5. The maximum Gasteiger partial charge on any atom is 0.338 e. The van der Waals surface area contributed by atoms with Crippen LogP contribution < -0.4 is 9.84 Å². The number of alkyl halides is 2. The van der Waals surface area contributed by atoms with E-state index in [9.17, 15) is 23.5 Å². The maximum absolute atomic E-state index is 13.7. The van der Waals surface area contributed by atoms with Crippen LogP contribution in [-0.2, 0) is 9.53 Å². The first-order chi connectivity index (χ1) is 10.8. The predicted molar refractivity (Wildman–Crippen MR) is 80.8 cm³/mol. The van der Waals surface area contributed by atoms with E-state index in [1.54, 1.807) is 20.8 Å². The lowest BCUT2D eigenvalue weighted by atomic mass is 10.0. The number of halogens is 2. The van der Waals surface area contributed by atoms with Crippen molar-refractivity contribution in [3.8, 4) is 5.75 Å². The Kier molecular flexibility index (Phi) is 5.92. The minimum atomic E-state index is -4.14. The molecule has 0 N–H and O–H groups in total. The van der Waals surface area contributed by atoms with Crippen molar-refractivity contribution in [2.24, 2.45) is 5.92 Å². The Balaban J connectivity index is 2.92. The first kappa shape index (κ1) is 19.9. The van der Waals surface area contributed by atoms with E-state index in [1.165, 1.54) is 38.1 Å². The Morgan fingerprint density at radius 3 is 1.96 bits per heavy atom. The molecule has 0 heterocycles. The molecule has 0 amide bonds. The summed E-state index contributed by atoms with van der Waals surface area (Å²) in [6.07, 6.45) is -1.89. The summed E-state index contributed by atoms with van der Waals surface area (Å²) < 4.78 is 37.7. The number of carboxylic acid groups (broad SMARTS) is 1. The largest absolute Gasteiger partial charge is 0.544 e. The fraction of sp³-hybridized carbons (Fsp3) is 0.529. The number of ether oxygens (including phenoxy) is 2. The number of aliphatic carboxylic acids is 1. The fourth-order valence-electron chi connectivity index (χ4n) is 1.90. The number of benzene rings is 1. The zero-order valence-corrected chi connectivity index (χ0v) is 14.3. The average Bonchev–Trinajstić information content (AvgIpc) is 2.42. The molecule has 0 radical (unpaired) electrons. The van der Waals surface area contributed by atoms with Crippen molar-refractivity contribution in [1.82, 2.24) is 0 Å². The van der Waals surface area contributed by atoms with Gasteiger partial charge in [0.1, 0.15) is 17.3 Å². The van der Waals surface area contributed by atoms with Crippen LogP contribution in [-0.4, -0.2) is 29.6 Å². The van der Waals surface area contributed by atoms with Gasteiger partial charge >= 0.3 is 11.9 Å². The van der Waals surface area contributed by atoms with Crippen LogP contribution in [0.1, 0.15) is 45.0 Å². The predicted octanol–water partition coefficient (Wildman–Crippen LogP) is 2.43. The third-order valence-corrected chi connectivity index (χ3v) is 2.99. The van der Waals surface area contributed by atoms with E-state index >= 15 is 0 Å². The van der Waals surface area contributed by atoms with Crippen LogP contribution >= 0.6 is 0 Å². The molecule has 0 aromatic heterocycles. The monoisotopic (exact) mass is 343 g/mol. The number of hydrogen-bond acceptors (Lipinski definition) is 5. The molecule has 0 saturated heterocycles. The summed E-state index contributed by atoms with van der Waals surface area (Å²) in [5, 5.41) is 10.6. The molecule has 134 valence electrons. The lowest BCUT2D eigenvalue weighted by molar-refractivity contribution is -0.336. The highest BCUT2D eigenvalue weighted by molar-refractivity contribution is 5.89. The highest BCUT2D eigenvalue weighted by Gasteiger charge is 2.45. The van der Waals surface area contributed by atoms with E-state index in [2.05, 4.69) is 0 Å². The summed E-state index contributed by atoms with van der Waals surface area (Å²) in [5.41, 5.74) is -0.434. The third-order valence-electron chi connectivity index (χ3n) is 2.99. The van der Waals surface area contributed by atoms with Crippen LogP contribution in [0.2, 0.25) is 0 Å². The summed E-state index contributed by atoms with van der Waals surface area (Å²) in [6.45, 7) is 7.99. The van der Waals surface area contributed by atoms with Crippen molar-refractivity contribution >= 4 is 11.9 Å². The average molecular weight is 343 g/mol. The smallest absolute Gasteiger partial charge is 0.338 e. The molecule has 7 heteroatoms. The zero-order valence-electron chi connectivity index (χ0n) is 14.3. The van der Waals surface area contributed by atoms with Gasteiger partial charge in [0, 0.05) is 0 Å². The maximum atomic E-state index is 13.7. The molecule has 0 aliphatic heterocycles. The SMILES string of the molecule is CC(C)C(Oc1ccc(C(=O)OC(C)(C)C)cc1)C(F)(F)C(=O)[O-]. The summed E-state index contributed by atoms with van der Waals surface area (Å²) >= 11 is 0. The molecule has 0 fully saturated rings. The molecule has 1 aromatic carbocycles. The third kappa shape index (κ3) is 5.18. The fourth-order valence-corrected chi connectivity index (χ4v) is 1.90. The van der Waals surface area contributed by atoms with Crippen molar-refractivity contribution in [3.63, 3.8) is 0 Å². The van der Waals surface area contributed by atoms with Gasteiger partial charge in [0.05, 0.1) is 5.56 Å². The minimum absolute atomic E-state index is 0.0157. The first-order valence-electron chi connectivity index (χ1n) is 7.44. The van der Waals surface area contributed by atoms with Crippen molar-refractivity contribution < 1.29 is 33.0 Å². The van der Waals surface area contributed by atoms with E-state index in [0.29, 0.717) is 0 Å². The Hall–Kier alpha value is -2.18. The summed E-state index contributed by atoms with van der Waals surface area (Å²) in [7, 11) is 0. The molecule has 0 bridgehead atoms. The molecule has 1 unspecified atom stereocenters. The van der Waals surface area contributed by atoms with Gasteiger partial charge in [-0.05, 0) is 51.0 Å². The topological polar surface area (TPSA) is 75.7 Å². The van der Waals surface area contributed by atoms with Crippen LogP contribution in [0.5, 0.6) is 5.75 Å². The molecule has 1 atom stereocenters.